The van der Waals surface area contributed by atoms with E-state index < -0.39 is 0 Å². The molecule has 0 radical (unpaired) electrons. The first-order valence-corrected chi connectivity index (χ1v) is 9.41. The number of hydrogen-bond donors (Lipinski definition) is 1. The van der Waals surface area contributed by atoms with Crippen molar-refractivity contribution < 1.29 is 13.9 Å². The second kappa shape index (κ2) is 7.49. The highest BCUT2D eigenvalue weighted by molar-refractivity contribution is 5.99. The molecule has 0 aliphatic carbocycles. The summed E-state index contributed by atoms with van der Waals surface area (Å²) in [6.45, 7) is 0.820. The fourth-order valence-electron chi connectivity index (χ4n) is 3.53. The number of nitrogens with two attached hydrogens (primary N) is 1. The molecule has 0 atom stereocenters. The molecule has 0 bridgehead atoms. The Morgan fingerprint density at radius 1 is 1.03 bits per heavy atom. The van der Waals surface area contributed by atoms with Crippen molar-refractivity contribution in [3.05, 3.63) is 72.1 Å². The van der Waals surface area contributed by atoms with Crippen LogP contribution in [-0.4, -0.2) is 26.9 Å². The van der Waals surface area contributed by atoms with E-state index in [1.54, 1.807) is 11.7 Å². The number of aromatic nitrogens is 4. The first-order chi connectivity index (χ1) is 14.7. The molecule has 5 rings (SSSR count). The van der Waals surface area contributed by atoms with Crippen molar-refractivity contribution in [2.24, 2.45) is 0 Å². The lowest BCUT2D eigenvalue weighted by Crippen LogP contribution is -2.07. The Hall–Kier alpha value is -3.91. The molecule has 2 aromatic carbocycles. The minimum Gasteiger partial charge on any atom is -0.489 e. The van der Waals surface area contributed by atoms with Gasteiger partial charge in [-0.15, -0.1) is 0 Å². The van der Waals surface area contributed by atoms with Crippen LogP contribution in [0.4, 0.5) is 6.01 Å². The first-order valence-electron chi connectivity index (χ1n) is 9.41. The van der Waals surface area contributed by atoms with Crippen molar-refractivity contribution in [2.45, 2.75) is 13.2 Å². The summed E-state index contributed by atoms with van der Waals surface area (Å²) in [6, 6.07) is 18.1. The number of nitrogen functional groups attached to an aromatic ring is 1. The largest absolute Gasteiger partial charge is 0.489 e. The van der Waals surface area contributed by atoms with Crippen molar-refractivity contribution in [3.8, 4) is 23.0 Å². The van der Waals surface area contributed by atoms with E-state index in [2.05, 4.69) is 10.2 Å². The number of anilines is 1. The van der Waals surface area contributed by atoms with Crippen molar-refractivity contribution >= 4 is 16.9 Å². The third-order valence-corrected chi connectivity index (χ3v) is 4.86. The van der Waals surface area contributed by atoms with Crippen LogP contribution in [0.5, 0.6) is 5.75 Å². The molecule has 30 heavy (non-hydrogen) atoms. The SMILES string of the molecule is COCc1c2c3cc(OCc4ccccc4)ccc3nc-2ccn1-c1nnc(N)o1. The smallest absolute Gasteiger partial charge is 0.328 e. The van der Waals surface area contributed by atoms with Crippen molar-refractivity contribution in [3.63, 3.8) is 0 Å². The zero-order valence-corrected chi connectivity index (χ0v) is 16.3. The quantitative estimate of drug-likeness (QED) is 0.461. The lowest BCUT2D eigenvalue weighted by atomic mass is 10.1. The molecular formula is C22H19N5O3. The van der Waals surface area contributed by atoms with E-state index in [1.807, 2.05) is 60.8 Å². The molecule has 8 nitrogen and oxygen atoms in total. The molecule has 2 aliphatic heterocycles. The number of methoxy groups -OCH3 is 1. The van der Waals surface area contributed by atoms with Crippen LogP contribution in [0, 0.1) is 0 Å². The molecular weight excluding hydrogens is 382 g/mol. The standard InChI is InChI=1S/C22H19N5O3/c1-28-13-19-20-16-11-15(29-12-14-5-3-2-4-6-14)7-8-17(16)24-18(20)9-10-27(19)22-26-25-21(23)30-22/h2-11H,12-13H2,1H3,(H2,23,25). The number of nitrogens with zero attached hydrogens (tertiary/aromatic N) is 4. The lowest BCUT2D eigenvalue weighted by molar-refractivity contribution is 0.179. The maximum atomic E-state index is 6.01. The molecule has 0 spiro atoms. The fourth-order valence-corrected chi connectivity index (χ4v) is 3.53. The van der Waals surface area contributed by atoms with Crippen LogP contribution < -0.4 is 10.5 Å². The van der Waals surface area contributed by atoms with E-state index in [1.165, 1.54) is 0 Å². The molecule has 3 aromatic rings. The molecule has 150 valence electrons. The van der Waals surface area contributed by atoms with Crippen molar-refractivity contribution in [1.29, 1.82) is 0 Å². The number of fused-ring (bicyclic) bond motifs is 3. The maximum absolute atomic E-state index is 6.01. The van der Waals surface area contributed by atoms with E-state index >= 15 is 0 Å². The molecule has 0 unspecified atom stereocenters. The van der Waals surface area contributed by atoms with E-state index in [4.69, 9.17) is 24.6 Å². The molecule has 2 N–H and O–H groups in total. The van der Waals surface area contributed by atoms with Crippen LogP contribution >= 0.6 is 0 Å². The van der Waals surface area contributed by atoms with Crippen molar-refractivity contribution in [2.75, 3.05) is 12.8 Å². The Balaban J connectivity index is 1.60. The minimum atomic E-state index is 0.00283. The van der Waals surface area contributed by atoms with Gasteiger partial charge in [-0.1, -0.05) is 40.5 Å². The molecule has 0 saturated heterocycles. The number of rotatable bonds is 6. The highest BCUT2D eigenvalue weighted by Gasteiger charge is 2.21. The van der Waals surface area contributed by atoms with Gasteiger partial charge < -0.3 is 19.6 Å². The van der Waals surface area contributed by atoms with Gasteiger partial charge in [0.15, 0.2) is 0 Å². The summed E-state index contributed by atoms with van der Waals surface area (Å²) >= 11 is 0. The van der Waals surface area contributed by atoms with Crippen LogP contribution in [0.3, 0.4) is 0 Å². The van der Waals surface area contributed by atoms with Gasteiger partial charge in [-0.05, 0) is 29.8 Å². The van der Waals surface area contributed by atoms with Gasteiger partial charge in [-0.25, -0.2) is 4.98 Å². The second-order valence-electron chi connectivity index (χ2n) is 6.81. The van der Waals surface area contributed by atoms with Gasteiger partial charge in [0.25, 0.3) is 0 Å². The summed E-state index contributed by atoms with van der Waals surface area (Å²) in [4.78, 5) is 4.74. The van der Waals surface area contributed by atoms with Crippen LogP contribution in [0.2, 0.25) is 0 Å². The molecule has 0 fully saturated rings. The van der Waals surface area contributed by atoms with Gasteiger partial charge in [0.1, 0.15) is 12.4 Å². The van der Waals surface area contributed by atoms with Gasteiger partial charge in [-0.2, -0.15) is 0 Å². The van der Waals surface area contributed by atoms with Crippen LogP contribution in [-0.2, 0) is 18.0 Å². The average molecular weight is 401 g/mol. The average Bonchev–Trinajstić information content (AvgIpc) is 3.36. The summed E-state index contributed by atoms with van der Waals surface area (Å²) < 4.78 is 18.7. The van der Waals surface area contributed by atoms with E-state index in [0.29, 0.717) is 13.2 Å². The molecule has 1 aromatic heterocycles. The summed E-state index contributed by atoms with van der Waals surface area (Å²) in [5.74, 6) is 0.765. The first kappa shape index (κ1) is 18.1. The van der Waals surface area contributed by atoms with Crippen LogP contribution in [0.15, 0.2) is 65.2 Å². The maximum Gasteiger partial charge on any atom is 0.328 e. The lowest BCUT2D eigenvalue weighted by Gasteiger charge is -2.14. The Morgan fingerprint density at radius 2 is 1.90 bits per heavy atom. The summed E-state index contributed by atoms with van der Waals surface area (Å²) in [5, 5.41) is 8.72. The normalized spacial score (nSPS) is 11.4. The number of ether oxygens (including phenoxy) is 2. The predicted octanol–water partition coefficient (Wildman–Crippen LogP) is 3.82. The van der Waals surface area contributed by atoms with E-state index in [-0.39, 0.29) is 12.0 Å². The minimum absolute atomic E-state index is 0.00283. The molecule has 3 heterocycles. The second-order valence-corrected chi connectivity index (χ2v) is 6.81. The Bertz CT molecular complexity index is 1280. The highest BCUT2D eigenvalue weighted by Crippen LogP contribution is 2.37. The molecule has 8 heteroatoms. The number of pyridine rings is 1. The van der Waals surface area contributed by atoms with Gasteiger partial charge in [-0.3, -0.25) is 4.57 Å². The molecule has 0 saturated carbocycles. The van der Waals surface area contributed by atoms with E-state index in [0.717, 1.165) is 39.2 Å². The van der Waals surface area contributed by atoms with Gasteiger partial charge in [0.2, 0.25) is 0 Å². The number of benzene rings is 2. The Kier molecular flexibility index (Phi) is 4.53. The number of hydrogen-bond acceptors (Lipinski definition) is 7. The van der Waals surface area contributed by atoms with Gasteiger partial charge in [0, 0.05) is 24.3 Å². The highest BCUT2D eigenvalue weighted by atomic mass is 16.5. The van der Waals surface area contributed by atoms with E-state index in [9.17, 15) is 0 Å². The summed E-state index contributed by atoms with van der Waals surface area (Å²) in [5.41, 5.74) is 10.2. The summed E-state index contributed by atoms with van der Waals surface area (Å²) in [6.07, 6.45) is 1.82. The van der Waals surface area contributed by atoms with Crippen LogP contribution in [0.25, 0.3) is 28.2 Å². The predicted molar refractivity (Wildman–Crippen MR) is 111 cm³/mol. The van der Waals surface area contributed by atoms with Gasteiger partial charge >= 0.3 is 12.0 Å². The van der Waals surface area contributed by atoms with Crippen molar-refractivity contribution in [1.82, 2.24) is 19.7 Å². The summed E-state index contributed by atoms with van der Waals surface area (Å²) in [7, 11) is 1.64. The van der Waals surface area contributed by atoms with Gasteiger partial charge in [0.05, 0.1) is 23.5 Å². The molecule has 2 aliphatic rings. The fraction of sp³-hybridized carbons (Fsp3) is 0.136. The third kappa shape index (κ3) is 3.23. The Morgan fingerprint density at radius 3 is 2.67 bits per heavy atom. The zero-order chi connectivity index (χ0) is 20.5. The Labute approximate surface area is 172 Å². The third-order valence-electron chi connectivity index (χ3n) is 4.86. The topological polar surface area (TPSA) is 101 Å². The van der Waals surface area contributed by atoms with Crippen LogP contribution in [0.1, 0.15) is 11.3 Å². The monoisotopic (exact) mass is 401 g/mol. The molecule has 0 amide bonds. The zero-order valence-electron chi connectivity index (χ0n) is 16.3.